The summed E-state index contributed by atoms with van der Waals surface area (Å²) in [5.74, 6) is 0.908. The first-order valence-corrected chi connectivity index (χ1v) is 9.65. The molecule has 1 atom stereocenters. The van der Waals surface area contributed by atoms with Gasteiger partial charge in [0.25, 0.3) is 5.91 Å². The average Bonchev–Trinajstić information content (AvgIpc) is 2.61. The smallest absolute Gasteiger partial charge is 0.261 e. The Labute approximate surface area is 155 Å². The summed E-state index contributed by atoms with van der Waals surface area (Å²) in [7, 11) is 0. The van der Waals surface area contributed by atoms with E-state index in [0.29, 0.717) is 23.7 Å². The van der Waals surface area contributed by atoms with E-state index >= 15 is 0 Å². The van der Waals surface area contributed by atoms with Gasteiger partial charge in [-0.1, -0.05) is 47.1 Å². The predicted octanol–water partition coefficient (Wildman–Crippen LogP) is 3.73. The fourth-order valence-corrected chi connectivity index (χ4v) is 2.77. The molecule has 0 spiro atoms. The maximum absolute atomic E-state index is 12.4. The fraction of sp³-hybridized carbons (Fsp3) is 0.556. The lowest BCUT2D eigenvalue weighted by Crippen LogP contribution is -2.42. The average molecular weight is 367 g/mol. The predicted molar refractivity (Wildman–Crippen MR) is 107 cm³/mol. The Balaban J connectivity index is 0.00000151. The summed E-state index contributed by atoms with van der Waals surface area (Å²) in [6.45, 7) is 10.7. The Morgan fingerprint density at radius 1 is 1.40 bits per heavy atom. The van der Waals surface area contributed by atoms with Gasteiger partial charge in [-0.15, -0.1) is 0 Å². The highest BCUT2D eigenvalue weighted by molar-refractivity contribution is 7.99. The molecule has 0 radical (unpaired) electrons. The first-order chi connectivity index (χ1) is 12.0. The molecule has 1 aliphatic rings. The summed E-state index contributed by atoms with van der Waals surface area (Å²) < 4.78 is 13.2. The normalized spacial score (nSPS) is 13.6. The third kappa shape index (κ3) is 5.85. The Hall–Kier alpha value is -1.89. The summed E-state index contributed by atoms with van der Waals surface area (Å²) in [5.41, 5.74) is 7.53. The van der Waals surface area contributed by atoms with Crippen LogP contribution in [0, 0.1) is 5.92 Å². The molecule has 25 heavy (non-hydrogen) atoms. The minimum atomic E-state index is -0.569. The minimum absolute atomic E-state index is 0.0385. The van der Waals surface area contributed by atoms with Crippen molar-refractivity contribution < 1.29 is 9.53 Å². The molecule has 6 nitrogen and oxygen atoms in total. The van der Waals surface area contributed by atoms with E-state index in [2.05, 4.69) is 21.4 Å². The molecule has 1 aromatic carbocycles. The second kappa shape index (κ2) is 10.9. The number of anilines is 1. The maximum atomic E-state index is 12.4. The number of ether oxygens (including phenoxy) is 1. The Morgan fingerprint density at radius 2 is 2.12 bits per heavy atom. The summed E-state index contributed by atoms with van der Waals surface area (Å²) >= 11 is 1.18. The van der Waals surface area contributed by atoms with Crippen LogP contribution in [0.2, 0.25) is 0 Å². The van der Waals surface area contributed by atoms with Gasteiger partial charge in [0.1, 0.15) is 11.6 Å². The number of nitrogens with two attached hydrogens (primary N) is 1. The molecule has 0 saturated carbocycles. The third-order valence-electron chi connectivity index (χ3n) is 3.53. The first-order valence-electron chi connectivity index (χ1n) is 8.87. The van der Waals surface area contributed by atoms with Crippen LogP contribution in [0.25, 0.3) is 0 Å². The third-order valence-corrected chi connectivity index (χ3v) is 4.13. The van der Waals surface area contributed by atoms with Gasteiger partial charge in [-0.2, -0.15) is 4.40 Å². The number of hydrogen-bond donors (Lipinski definition) is 3. The molecule has 7 heteroatoms. The number of amidine groups is 1. The second-order valence-electron chi connectivity index (χ2n) is 5.78. The molecule has 1 aliphatic heterocycles. The van der Waals surface area contributed by atoms with E-state index in [1.807, 2.05) is 45.9 Å². The highest BCUT2D eigenvalue weighted by atomic mass is 32.2. The molecule has 1 heterocycles. The molecular weight excluding hydrogens is 336 g/mol. The quantitative estimate of drug-likeness (QED) is 0.505. The van der Waals surface area contributed by atoms with Gasteiger partial charge < -0.3 is 20.5 Å². The monoisotopic (exact) mass is 366 g/mol. The fourth-order valence-electron chi connectivity index (χ4n) is 2.26. The molecule has 0 aromatic heterocycles. The second-order valence-corrected chi connectivity index (χ2v) is 6.34. The minimum Gasteiger partial charge on any atom is -0.479 e. The van der Waals surface area contributed by atoms with Crippen molar-refractivity contribution in [3.05, 3.63) is 23.8 Å². The van der Waals surface area contributed by atoms with Crippen LogP contribution in [0.1, 0.15) is 53.0 Å². The van der Waals surface area contributed by atoms with Gasteiger partial charge in [0.2, 0.25) is 0 Å². The van der Waals surface area contributed by atoms with Crippen LogP contribution in [0.3, 0.4) is 0 Å². The SMILES string of the molecule is CC.CCCCNC(=O)C(Oc1cccc2c1C(N)=NSN2)C(C)C. The molecule has 2 rings (SSSR count). The number of carbonyl (C=O) groups is 1. The summed E-state index contributed by atoms with van der Waals surface area (Å²) in [6, 6.07) is 5.59. The Morgan fingerprint density at radius 3 is 2.76 bits per heavy atom. The van der Waals surface area contributed by atoms with Gasteiger partial charge in [0.05, 0.1) is 23.4 Å². The molecule has 4 N–H and O–H groups in total. The van der Waals surface area contributed by atoms with E-state index in [4.69, 9.17) is 10.5 Å². The number of carbonyl (C=O) groups excluding carboxylic acids is 1. The molecule has 0 fully saturated rings. The molecular formula is C18H30N4O2S. The van der Waals surface area contributed by atoms with Gasteiger partial charge in [-0.05, 0) is 24.5 Å². The molecule has 0 bridgehead atoms. The van der Waals surface area contributed by atoms with Crippen molar-refractivity contribution in [3.8, 4) is 5.75 Å². The van der Waals surface area contributed by atoms with Crippen LogP contribution < -0.4 is 20.5 Å². The number of unbranched alkanes of at least 4 members (excludes halogenated alkanes) is 1. The van der Waals surface area contributed by atoms with Crippen LogP contribution >= 0.6 is 12.1 Å². The first kappa shape index (κ1) is 21.2. The van der Waals surface area contributed by atoms with Crippen molar-refractivity contribution in [1.82, 2.24) is 5.32 Å². The maximum Gasteiger partial charge on any atom is 0.261 e. The van der Waals surface area contributed by atoms with Gasteiger partial charge >= 0.3 is 0 Å². The number of nitrogens with zero attached hydrogens (tertiary/aromatic N) is 1. The zero-order valence-corrected chi connectivity index (χ0v) is 16.6. The van der Waals surface area contributed by atoms with Crippen molar-refractivity contribution in [2.45, 2.75) is 53.6 Å². The van der Waals surface area contributed by atoms with Crippen LogP contribution in [0.4, 0.5) is 5.69 Å². The van der Waals surface area contributed by atoms with E-state index in [1.165, 1.54) is 12.1 Å². The largest absolute Gasteiger partial charge is 0.479 e. The number of hydrogen-bond acceptors (Lipinski definition) is 6. The highest BCUT2D eigenvalue weighted by Crippen LogP contribution is 2.33. The summed E-state index contributed by atoms with van der Waals surface area (Å²) in [5, 5.41) is 2.93. The topological polar surface area (TPSA) is 88.7 Å². The lowest BCUT2D eigenvalue weighted by Gasteiger charge is -2.25. The number of fused-ring (bicyclic) bond motifs is 1. The van der Waals surface area contributed by atoms with Crippen LogP contribution in [0.5, 0.6) is 5.75 Å². The van der Waals surface area contributed by atoms with Gasteiger partial charge in [0.15, 0.2) is 6.10 Å². The van der Waals surface area contributed by atoms with Crippen LogP contribution in [-0.2, 0) is 4.79 Å². The van der Waals surface area contributed by atoms with E-state index in [9.17, 15) is 4.79 Å². The van der Waals surface area contributed by atoms with Gasteiger partial charge in [0, 0.05) is 6.54 Å². The van der Waals surface area contributed by atoms with E-state index in [0.717, 1.165) is 18.5 Å². The summed E-state index contributed by atoms with van der Waals surface area (Å²) in [6.07, 6.45) is 1.43. The van der Waals surface area contributed by atoms with Gasteiger partial charge in [-0.3, -0.25) is 4.79 Å². The lowest BCUT2D eigenvalue weighted by atomic mass is 10.1. The van der Waals surface area contributed by atoms with E-state index in [-0.39, 0.29) is 11.8 Å². The van der Waals surface area contributed by atoms with Gasteiger partial charge in [-0.25, -0.2) is 0 Å². The number of nitrogens with one attached hydrogen (secondary N) is 2. The van der Waals surface area contributed by atoms with Crippen molar-refractivity contribution in [3.63, 3.8) is 0 Å². The van der Waals surface area contributed by atoms with E-state index in [1.54, 1.807) is 0 Å². The van der Waals surface area contributed by atoms with Crippen molar-refractivity contribution in [1.29, 1.82) is 0 Å². The highest BCUT2D eigenvalue weighted by Gasteiger charge is 2.27. The van der Waals surface area contributed by atoms with Crippen molar-refractivity contribution in [2.75, 3.05) is 11.3 Å². The molecule has 140 valence electrons. The van der Waals surface area contributed by atoms with E-state index < -0.39 is 6.10 Å². The molecule has 0 saturated heterocycles. The molecule has 1 aromatic rings. The zero-order valence-electron chi connectivity index (χ0n) is 15.8. The number of amides is 1. The Bertz CT molecular complexity index is 590. The summed E-state index contributed by atoms with van der Waals surface area (Å²) in [4.78, 5) is 12.4. The molecule has 1 unspecified atom stereocenters. The number of rotatable bonds is 7. The zero-order chi connectivity index (χ0) is 18.8. The number of benzene rings is 1. The van der Waals surface area contributed by atoms with Crippen LogP contribution in [0.15, 0.2) is 22.6 Å². The Kier molecular flexibility index (Phi) is 9.20. The molecule has 1 amide bonds. The van der Waals surface area contributed by atoms with Crippen molar-refractivity contribution >= 4 is 29.6 Å². The lowest BCUT2D eigenvalue weighted by molar-refractivity contribution is -0.129. The molecule has 0 aliphatic carbocycles. The standard InChI is InChI=1S/C16H24N4O2S.C2H6/c1-4-5-9-18-16(21)14(10(2)3)22-12-8-6-7-11-13(12)15(17)20-23-19-11;1-2/h6-8,10,14,19H,4-5,9H2,1-3H3,(H2,17,20)(H,18,21);1-2H3. The van der Waals surface area contributed by atoms with Crippen molar-refractivity contribution in [2.24, 2.45) is 16.0 Å². The van der Waals surface area contributed by atoms with Crippen LogP contribution in [-0.4, -0.2) is 24.4 Å².